The molecule has 2 aromatic carbocycles. The van der Waals surface area contributed by atoms with Gasteiger partial charge < -0.3 is 15.2 Å². The Morgan fingerprint density at radius 3 is 2.40 bits per heavy atom. The number of ether oxygens (including phenoxy) is 1. The third-order valence-corrected chi connectivity index (χ3v) is 3.49. The molecule has 0 bridgehead atoms. The van der Waals surface area contributed by atoms with E-state index in [9.17, 15) is 5.11 Å². The molecule has 0 aromatic heterocycles. The number of rotatable bonds is 4. The van der Waals surface area contributed by atoms with E-state index in [1.54, 1.807) is 13.2 Å². The molecular weight excluding hydrogens is 250 g/mol. The number of aryl methyl sites for hydroxylation is 3. The molecule has 0 saturated carbocycles. The van der Waals surface area contributed by atoms with Crippen LogP contribution in [-0.4, -0.2) is 12.2 Å². The lowest BCUT2D eigenvalue weighted by molar-refractivity contribution is 0.411. The van der Waals surface area contributed by atoms with Crippen LogP contribution in [0.2, 0.25) is 0 Å². The van der Waals surface area contributed by atoms with Gasteiger partial charge in [-0.2, -0.15) is 0 Å². The van der Waals surface area contributed by atoms with Crippen molar-refractivity contribution in [1.29, 1.82) is 0 Å². The molecule has 2 N–H and O–H groups in total. The van der Waals surface area contributed by atoms with E-state index in [2.05, 4.69) is 17.4 Å². The van der Waals surface area contributed by atoms with E-state index >= 15 is 0 Å². The second-order valence-corrected chi connectivity index (χ2v) is 5.11. The Morgan fingerprint density at radius 1 is 1.00 bits per heavy atom. The molecular formula is C17H21NO2. The molecule has 0 radical (unpaired) electrons. The summed E-state index contributed by atoms with van der Waals surface area (Å²) in [5, 5.41) is 13.1. The monoisotopic (exact) mass is 271 g/mol. The molecule has 0 spiro atoms. The van der Waals surface area contributed by atoms with Crippen LogP contribution in [0, 0.1) is 20.8 Å². The van der Waals surface area contributed by atoms with Crippen molar-refractivity contribution in [3.05, 3.63) is 52.6 Å². The third-order valence-electron chi connectivity index (χ3n) is 3.49. The molecule has 3 heteroatoms. The van der Waals surface area contributed by atoms with Gasteiger partial charge in [0.05, 0.1) is 7.11 Å². The lowest BCUT2D eigenvalue weighted by Crippen LogP contribution is -2.02. The van der Waals surface area contributed by atoms with Crippen LogP contribution in [0.25, 0.3) is 0 Å². The summed E-state index contributed by atoms with van der Waals surface area (Å²) in [7, 11) is 1.68. The quantitative estimate of drug-likeness (QED) is 0.828. The number of phenols is 1. The Kier molecular flexibility index (Phi) is 4.18. The molecule has 0 amide bonds. The Hall–Kier alpha value is -2.16. The van der Waals surface area contributed by atoms with Gasteiger partial charge >= 0.3 is 0 Å². The zero-order valence-corrected chi connectivity index (χ0v) is 12.4. The van der Waals surface area contributed by atoms with E-state index in [1.807, 2.05) is 32.9 Å². The minimum absolute atomic E-state index is 0.341. The number of phenolic OH excluding ortho intramolecular Hbond substituents is 1. The zero-order chi connectivity index (χ0) is 14.7. The highest BCUT2D eigenvalue weighted by molar-refractivity contribution is 5.57. The zero-order valence-electron chi connectivity index (χ0n) is 12.4. The highest BCUT2D eigenvalue weighted by Crippen LogP contribution is 2.26. The average molecular weight is 271 g/mol. The predicted molar refractivity (Wildman–Crippen MR) is 82.6 cm³/mol. The standard InChI is InChI=1S/C17H21NO2/c1-11-9-16(19)12(2)8-15(11)18-10-14-5-6-17(20-4)13(3)7-14/h5-9,18-19H,10H2,1-4H3. The van der Waals surface area contributed by atoms with E-state index in [0.717, 1.165) is 34.7 Å². The van der Waals surface area contributed by atoms with Gasteiger partial charge in [-0.25, -0.2) is 0 Å². The number of anilines is 1. The molecule has 0 aliphatic heterocycles. The first-order valence-corrected chi connectivity index (χ1v) is 6.69. The van der Waals surface area contributed by atoms with E-state index in [0.29, 0.717) is 5.75 Å². The maximum absolute atomic E-state index is 9.66. The summed E-state index contributed by atoms with van der Waals surface area (Å²) in [5.74, 6) is 1.25. The van der Waals surface area contributed by atoms with Crippen LogP contribution in [-0.2, 0) is 6.54 Å². The second kappa shape index (κ2) is 5.87. The number of hydrogen-bond acceptors (Lipinski definition) is 3. The topological polar surface area (TPSA) is 41.5 Å². The first-order chi connectivity index (χ1) is 9.51. The molecule has 2 aromatic rings. The number of aromatic hydroxyl groups is 1. The predicted octanol–water partition coefficient (Wildman–Crippen LogP) is 3.94. The van der Waals surface area contributed by atoms with E-state index in [1.165, 1.54) is 5.56 Å². The summed E-state index contributed by atoms with van der Waals surface area (Å²) in [4.78, 5) is 0. The summed E-state index contributed by atoms with van der Waals surface area (Å²) in [5.41, 5.74) is 5.30. The molecule has 106 valence electrons. The molecule has 0 saturated heterocycles. The number of benzene rings is 2. The van der Waals surface area contributed by atoms with Gasteiger partial charge in [-0.15, -0.1) is 0 Å². The van der Waals surface area contributed by atoms with Crippen molar-refractivity contribution in [3.63, 3.8) is 0 Å². The van der Waals surface area contributed by atoms with Crippen LogP contribution < -0.4 is 10.1 Å². The minimum Gasteiger partial charge on any atom is -0.508 e. The maximum atomic E-state index is 9.66. The van der Waals surface area contributed by atoms with Gasteiger partial charge in [0.25, 0.3) is 0 Å². The largest absolute Gasteiger partial charge is 0.508 e. The van der Waals surface area contributed by atoms with Gasteiger partial charge in [0.15, 0.2) is 0 Å². The first kappa shape index (κ1) is 14.3. The van der Waals surface area contributed by atoms with Crippen molar-refractivity contribution in [2.75, 3.05) is 12.4 Å². The van der Waals surface area contributed by atoms with Gasteiger partial charge in [-0.3, -0.25) is 0 Å². The fourth-order valence-electron chi connectivity index (χ4n) is 2.24. The van der Waals surface area contributed by atoms with Crippen molar-refractivity contribution < 1.29 is 9.84 Å². The van der Waals surface area contributed by atoms with E-state index in [4.69, 9.17) is 4.74 Å². The smallest absolute Gasteiger partial charge is 0.121 e. The summed E-state index contributed by atoms with van der Waals surface area (Å²) in [6, 6.07) is 9.93. The number of hydrogen-bond donors (Lipinski definition) is 2. The lowest BCUT2D eigenvalue weighted by atomic mass is 10.1. The molecule has 2 rings (SSSR count). The number of methoxy groups -OCH3 is 1. The lowest BCUT2D eigenvalue weighted by Gasteiger charge is -2.13. The minimum atomic E-state index is 0.341. The molecule has 0 fully saturated rings. The van der Waals surface area contributed by atoms with Crippen LogP contribution in [0.4, 0.5) is 5.69 Å². The molecule has 0 unspecified atom stereocenters. The maximum Gasteiger partial charge on any atom is 0.121 e. The molecule has 0 heterocycles. The summed E-state index contributed by atoms with van der Waals surface area (Å²) < 4.78 is 5.26. The van der Waals surface area contributed by atoms with Crippen LogP contribution in [0.3, 0.4) is 0 Å². The van der Waals surface area contributed by atoms with Crippen LogP contribution in [0.5, 0.6) is 11.5 Å². The van der Waals surface area contributed by atoms with Crippen molar-refractivity contribution >= 4 is 5.69 Å². The second-order valence-electron chi connectivity index (χ2n) is 5.11. The average Bonchev–Trinajstić information content (AvgIpc) is 2.41. The SMILES string of the molecule is COc1ccc(CNc2cc(C)c(O)cc2C)cc1C. The molecule has 0 aliphatic carbocycles. The molecule has 3 nitrogen and oxygen atoms in total. The Labute approximate surface area is 120 Å². The van der Waals surface area contributed by atoms with Gasteiger partial charge in [-0.05, 0) is 61.2 Å². The van der Waals surface area contributed by atoms with Crippen LogP contribution in [0.15, 0.2) is 30.3 Å². The first-order valence-electron chi connectivity index (χ1n) is 6.69. The fourth-order valence-corrected chi connectivity index (χ4v) is 2.24. The van der Waals surface area contributed by atoms with Crippen LogP contribution >= 0.6 is 0 Å². The normalized spacial score (nSPS) is 10.4. The summed E-state index contributed by atoms with van der Waals surface area (Å²) in [6.45, 7) is 6.67. The molecule has 0 aliphatic rings. The Balaban J connectivity index is 2.13. The van der Waals surface area contributed by atoms with E-state index < -0.39 is 0 Å². The van der Waals surface area contributed by atoms with Gasteiger partial charge in [-0.1, -0.05) is 12.1 Å². The van der Waals surface area contributed by atoms with E-state index in [-0.39, 0.29) is 0 Å². The van der Waals surface area contributed by atoms with Gasteiger partial charge in [0, 0.05) is 12.2 Å². The molecule has 0 atom stereocenters. The van der Waals surface area contributed by atoms with Crippen LogP contribution in [0.1, 0.15) is 22.3 Å². The highest BCUT2D eigenvalue weighted by Gasteiger charge is 2.04. The Morgan fingerprint density at radius 2 is 1.75 bits per heavy atom. The van der Waals surface area contributed by atoms with Crippen molar-refractivity contribution in [2.45, 2.75) is 27.3 Å². The number of nitrogens with one attached hydrogen (secondary N) is 1. The van der Waals surface area contributed by atoms with Crippen molar-refractivity contribution in [3.8, 4) is 11.5 Å². The van der Waals surface area contributed by atoms with Gasteiger partial charge in [0.1, 0.15) is 11.5 Å². The van der Waals surface area contributed by atoms with Crippen molar-refractivity contribution in [1.82, 2.24) is 0 Å². The molecule has 20 heavy (non-hydrogen) atoms. The summed E-state index contributed by atoms with van der Waals surface area (Å²) >= 11 is 0. The van der Waals surface area contributed by atoms with Gasteiger partial charge in [0.2, 0.25) is 0 Å². The third kappa shape index (κ3) is 3.05. The summed E-state index contributed by atoms with van der Waals surface area (Å²) in [6.07, 6.45) is 0. The fraction of sp³-hybridized carbons (Fsp3) is 0.294. The van der Waals surface area contributed by atoms with Crippen molar-refractivity contribution in [2.24, 2.45) is 0 Å². The Bertz CT molecular complexity index is 621. The highest BCUT2D eigenvalue weighted by atomic mass is 16.5.